The van der Waals surface area contributed by atoms with Crippen LogP contribution in [0.15, 0.2) is 24.3 Å². The lowest BCUT2D eigenvalue weighted by Gasteiger charge is -2.28. The molecule has 1 aliphatic carbocycles. The van der Waals surface area contributed by atoms with Crippen molar-refractivity contribution in [3.05, 3.63) is 29.8 Å². The van der Waals surface area contributed by atoms with Gasteiger partial charge in [-0.3, -0.25) is 0 Å². The fraction of sp³-hybridized carbons (Fsp3) is 0.533. The van der Waals surface area contributed by atoms with Crippen molar-refractivity contribution in [2.45, 2.75) is 37.9 Å². The first-order valence-corrected chi connectivity index (χ1v) is 7.33. The summed E-state index contributed by atoms with van der Waals surface area (Å²) in [6.07, 6.45) is -0.642. The Balaban J connectivity index is 1.82. The van der Waals surface area contributed by atoms with E-state index in [1.165, 1.54) is 12.1 Å². The van der Waals surface area contributed by atoms with Crippen LogP contribution in [0.4, 0.5) is 23.7 Å². The van der Waals surface area contributed by atoms with E-state index in [1.54, 1.807) is 0 Å². The number of hydrogen-bond acceptors (Lipinski definition) is 2. The molecule has 2 amide bonds. The average Bonchev–Trinajstić information content (AvgIpc) is 2.47. The molecule has 4 N–H and O–H groups in total. The van der Waals surface area contributed by atoms with Gasteiger partial charge in [0.1, 0.15) is 0 Å². The fourth-order valence-electron chi connectivity index (χ4n) is 2.64. The maximum atomic E-state index is 12.4. The average molecular weight is 315 g/mol. The quantitative estimate of drug-likeness (QED) is 0.801. The number of anilines is 1. The van der Waals surface area contributed by atoms with Crippen molar-refractivity contribution < 1.29 is 18.0 Å². The molecule has 7 heteroatoms. The fourth-order valence-corrected chi connectivity index (χ4v) is 2.64. The largest absolute Gasteiger partial charge is 0.416 e. The van der Waals surface area contributed by atoms with Crippen molar-refractivity contribution >= 4 is 11.7 Å². The van der Waals surface area contributed by atoms with Gasteiger partial charge in [-0.25, -0.2) is 4.79 Å². The number of alkyl halides is 3. The first kappa shape index (κ1) is 16.6. The second kappa shape index (κ2) is 7.00. The van der Waals surface area contributed by atoms with E-state index in [4.69, 9.17) is 5.73 Å². The predicted molar refractivity (Wildman–Crippen MR) is 78.4 cm³/mol. The molecule has 122 valence electrons. The summed E-state index contributed by atoms with van der Waals surface area (Å²) in [5.41, 5.74) is 5.21. The topological polar surface area (TPSA) is 67.1 Å². The second-order valence-corrected chi connectivity index (χ2v) is 5.63. The third-order valence-electron chi connectivity index (χ3n) is 3.99. The maximum Gasteiger partial charge on any atom is 0.416 e. The second-order valence-electron chi connectivity index (χ2n) is 5.63. The smallest absolute Gasteiger partial charge is 0.335 e. The molecule has 1 aromatic rings. The van der Waals surface area contributed by atoms with Gasteiger partial charge in [-0.15, -0.1) is 0 Å². The Bertz CT molecular complexity index is 494. The number of nitrogens with two attached hydrogens (primary N) is 1. The zero-order chi connectivity index (χ0) is 16.2. The van der Waals surface area contributed by atoms with Crippen LogP contribution in [0.1, 0.15) is 31.2 Å². The SMILES string of the molecule is NCC1CCC(NC(=O)Nc2ccc(C(F)(F)F)cc2)CC1. The zero-order valence-corrected chi connectivity index (χ0v) is 12.1. The predicted octanol–water partition coefficient (Wildman–Crippen LogP) is 3.34. The Morgan fingerprint density at radius 1 is 1.14 bits per heavy atom. The number of nitrogens with one attached hydrogen (secondary N) is 2. The molecule has 0 radical (unpaired) electrons. The molecule has 1 saturated carbocycles. The van der Waals surface area contributed by atoms with E-state index in [2.05, 4.69) is 10.6 Å². The van der Waals surface area contributed by atoms with E-state index in [9.17, 15) is 18.0 Å². The lowest BCUT2D eigenvalue weighted by molar-refractivity contribution is -0.137. The lowest BCUT2D eigenvalue weighted by atomic mass is 9.86. The Kier molecular flexibility index (Phi) is 5.28. The van der Waals surface area contributed by atoms with Gasteiger partial charge < -0.3 is 16.4 Å². The molecule has 1 fully saturated rings. The van der Waals surface area contributed by atoms with E-state index in [0.29, 0.717) is 18.2 Å². The minimum absolute atomic E-state index is 0.0947. The van der Waals surface area contributed by atoms with E-state index in [0.717, 1.165) is 37.8 Å². The highest BCUT2D eigenvalue weighted by Crippen LogP contribution is 2.29. The van der Waals surface area contributed by atoms with Crippen LogP contribution >= 0.6 is 0 Å². The number of urea groups is 1. The number of carbonyl (C=O) groups is 1. The van der Waals surface area contributed by atoms with Crippen molar-refractivity contribution in [1.29, 1.82) is 0 Å². The molecule has 0 saturated heterocycles. The number of amides is 2. The van der Waals surface area contributed by atoms with Gasteiger partial charge >= 0.3 is 12.2 Å². The minimum Gasteiger partial charge on any atom is -0.335 e. The van der Waals surface area contributed by atoms with Crippen molar-refractivity contribution in [3.8, 4) is 0 Å². The summed E-state index contributed by atoms with van der Waals surface area (Å²) < 4.78 is 37.3. The standard InChI is InChI=1S/C15H20F3N3O/c16-15(17,18)11-3-7-13(8-4-11)21-14(22)20-12-5-1-10(9-19)2-6-12/h3-4,7-8,10,12H,1-2,5-6,9,19H2,(H2,20,21,22). The van der Waals surface area contributed by atoms with Crippen LogP contribution in [0.5, 0.6) is 0 Å². The molecular weight excluding hydrogens is 295 g/mol. The van der Waals surface area contributed by atoms with Gasteiger partial charge in [0.2, 0.25) is 0 Å². The van der Waals surface area contributed by atoms with Crippen molar-refractivity contribution in [2.75, 3.05) is 11.9 Å². The lowest BCUT2D eigenvalue weighted by Crippen LogP contribution is -2.40. The molecule has 0 atom stereocenters. The van der Waals surface area contributed by atoms with Gasteiger partial charge in [0, 0.05) is 11.7 Å². The first-order chi connectivity index (χ1) is 10.4. The molecule has 1 aromatic carbocycles. The molecule has 0 bridgehead atoms. The summed E-state index contributed by atoms with van der Waals surface area (Å²) in [6.45, 7) is 0.671. The summed E-state index contributed by atoms with van der Waals surface area (Å²) in [7, 11) is 0. The van der Waals surface area contributed by atoms with Gasteiger partial charge in [-0.1, -0.05) is 0 Å². The molecule has 22 heavy (non-hydrogen) atoms. The summed E-state index contributed by atoms with van der Waals surface area (Å²) in [6, 6.07) is 4.08. The van der Waals surface area contributed by atoms with Gasteiger partial charge in [0.25, 0.3) is 0 Å². The number of halogens is 3. The molecule has 0 aromatic heterocycles. The molecule has 0 aliphatic heterocycles. The van der Waals surface area contributed by atoms with Gasteiger partial charge in [0.15, 0.2) is 0 Å². The van der Waals surface area contributed by atoms with Crippen molar-refractivity contribution in [3.63, 3.8) is 0 Å². The normalized spacial score (nSPS) is 22.2. The highest BCUT2D eigenvalue weighted by Gasteiger charge is 2.30. The third-order valence-corrected chi connectivity index (χ3v) is 3.99. The van der Waals surface area contributed by atoms with Crippen LogP contribution in [0.2, 0.25) is 0 Å². The Labute approximate surface area is 127 Å². The highest BCUT2D eigenvalue weighted by atomic mass is 19.4. The zero-order valence-electron chi connectivity index (χ0n) is 12.1. The number of benzene rings is 1. The molecule has 0 heterocycles. The third kappa shape index (κ3) is 4.62. The number of carbonyl (C=O) groups excluding carboxylic acids is 1. The summed E-state index contributed by atoms with van der Waals surface area (Å²) >= 11 is 0. The van der Waals surface area contributed by atoms with Crippen LogP contribution in [-0.4, -0.2) is 18.6 Å². The van der Waals surface area contributed by atoms with Crippen LogP contribution in [0.3, 0.4) is 0 Å². The van der Waals surface area contributed by atoms with Gasteiger partial charge in [-0.05, 0) is 62.4 Å². The highest BCUT2D eigenvalue weighted by molar-refractivity contribution is 5.89. The molecular formula is C15H20F3N3O. The van der Waals surface area contributed by atoms with E-state index < -0.39 is 17.8 Å². The summed E-state index contributed by atoms with van der Waals surface area (Å²) in [4.78, 5) is 11.8. The van der Waals surface area contributed by atoms with Crippen molar-refractivity contribution in [1.82, 2.24) is 5.32 Å². The van der Waals surface area contributed by atoms with Crippen LogP contribution in [-0.2, 0) is 6.18 Å². The van der Waals surface area contributed by atoms with E-state index in [1.807, 2.05) is 0 Å². The van der Waals surface area contributed by atoms with Gasteiger partial charge in [-0.2, -0.15) is 13.2 Å². The van der Waals surface area contributed by atoms with Crippen LogP contribution < -0.4 is 16.4 Å². The molecule has 2 rings (SSSR count). The maximum absolute atomic E-state index is 12.4. The molecule has 0 unspecified atom stereocenters. The Hall–Kier alpha value is -1.76. The minimum atomic E-state index is -4.37. The molecule has 1 aliphatic rings. The first-order valence-electron chi connectivity index (χ1n) is 7.33. The van der Waals surface area contributed by atoms with E-state index in [-0.39, 0.29) is 6.04 Å². The van der Waals surface area contributed by atoms with Crippen LogP contribution in [0.25, 0.3) is 0 Å². The molecule has 0 spiro atoms. The van der Waals surface area contributed by atoms with Crippen molar-refractivity contribution in [2.24, 2.45) is 11.7 Å². The number of hydrogen-bond donors (Lipinski definition) is 3. The Morgan fingerprint density at radius 2 is 1.73 bits per heavy atom. The Morgan fingerprint density at radius 3 is 2.23 bits per heavy atom. The van der Waals surface area contributed by atoms with Gasteiger partial charge in [0.05, 0.1) is 5.56 Å². The monoisotopic (exact) mass is 315 g/mol. The van der Waals surface area contributed by atoms with Crippen LogP contribution in [0, 0.1) is 5.92 Å². The van der Waals surface area contributed by atoms with E-state index >= 15 is 0 Å². The summed E-state index contributed by atoms with van der Waals surface area (Å²) in [5.74, 6) is 0.524. The molecule has 4 nitrogen and oxygen atoms in total. The summed E-state index contributed by atoms with van der Waals surface area (Å²) in [5, 5.41) is 5.39. The number of rotatable bonds is 3.